The summed E-state index contributed by atoms with van der Waals surface area (Å²) in [4.78, 5) is 27.2. The Balaban J connectivity index is 2.30. The summed E-state index contributed by atoms with van der Waals surface area (Å²) in [5.41, 5.74) is 1.92. The van der Waals surface area contributed by atoms with E-state index in [1.54, 1.807) is 18.2 Å². The number of hydrogen-bond donors (Lipinski definition) is 0. The molecule has 1 aliphatic rings. The molecule has 0 spiro atoms. The van der Waals surface area contributed by atoms with Gasteiger partial charge in [0.25, 0.3) is 5.91 Å². The maximum atomic E-state index is 12.0. The molecule has 0 bridgehead atoms. The predicted octanol–water partition coefficient (Wildman–Crippen LogP) is 2.99. The molecule has 0 atom stereocenters. The fraction of sp³-hybridized carbons (Fsp3) is 0.0714. The average Bonchev–Trinajstić information content (AvgIpc) is 2.34. The fourth-order valence-corrected chi connectivity index (χ4v) is 1.92. The van der Waals surface area contributed by atoms with Crippen molar-refractivity contribution < 1.29 is 9.59 Å². The maximum Gasteiger partial charge on any atom is 0.277 e. The van der Waals surface area contributed by atoms with Gasteiger partial charge in [-0.3, -0.25) is 9.59 Å². The van der Waals surface area contributed by atoms with E-state index in [-0.39, 0.29) is 11.7 Å². The summed E-state index contributed by atoms with van der Waals surface area (Å²) in [6, 6.07) is 7.26. The Kier molecular flexibility index (Phi) is 3.67. The summed E-state index contributed by atoms with van der Waals surface area (Å²) in [5.74, 6) is -0.434. The molecule has 0 aliphatic heterocycles. The number of rotatable bonds is 1. The normalized spacial score (nSPS) is 16.9. The summed E-state index contributed by atoms with van der Waals surface area (Å²) in [6.07, 6.45) is 4.45. The summed E-state index contributed by atoms with van der Waals surface area (Å²) in [6.45, 7) is 1.86. The Labute approximate surface area is 113 Å². The number of amides is 1. The van der Waals surface area contributed by atoms with E-state index < -0.39 is 0 Å². The third-order valence-corrected chi connectivity index (χ3v) is 3.14. The SMILES string of the molecule is Cc1ccccc1C(=O)N=C1C=CC(=O)C(Br)=C1. The molecule has 2 rings (SSSR count). The average molecular weight is 304 g/mol. The van der Waals surface area contributed by atoms with Gasteiger partial charge >= 0.3 is 0 Å². The Morgan fingerprint density at radius 1 is 1.22 bits per heavy atom. The van der Waals surface area contributed by atoms with Gasteiger partial charge in [-0.25, -0.2) is 4.99 Å². The number of benzene rings is 1. The molecule has 1 aromatic carbocycles. The van der Waals surface area contributed by atoms with Crippen molar-refractivity contribution in [2.45, 2.75) is 6.92 Å². The summed E-state index contributed by atoms with van der Waals surface area (Å²) in [7, 11) is 0. The van der Waals surface area contributed by atoms with Gasteiger partial charge in [-0.1, -0.05) is 18.2 Å². The van der Waals surface area contributed by atoms with Crippen molar-refractivity contribution in [3.8, 4) is 0 Å². The highest BCUT2D eigenvalue weighted by molar-refractivity contribution is 9.12. The van der Waals surface area contributed by atoms with Crippen molar-refractivity contribution in [3.05, 3.63) is 58.1 Å². The van der Waals surface area contributed by atoms with Crippen LogP contribution >= 0.6 is 15.9 Å². The second-order valence-corrected chi connectivity index (χ2v) is 4.70. The van der Waals surface area contributed by atoms with Crippen LogP contribution < -0.4 is 0 Å². The molecule has 0 radical (unpaired) electrons. The lowest BCUT2D eigenvalue weighted by molar-refractivity contribution is -0.110. The van der Waals surface area contributed by atoms with E-state index >= 15 is 0 Å². The molecule has 0 aromatic heterocycles. The smallest absolute Gasteiger partial charge is 0.277 e. The molecule has 0 fully saturated rings. The molecule has 1 aromatic rings. The van der Waals surface area contributed by atoms with Gasteiger partial charge in [0, 0.05) is 5.56 Å². The third kappa shape index (κ3) is 2.71. The molecule has 0 saturated carbocycles. The van der Waals surface area contributed by atoms with Gasteiger partial charge in [0.2, 0.25) is 0 Å². The number of halogens is 1. The van der Waals surface area contributed by atoms with E-state index in [0.717, 1.165) is 5.56 Å². The van der Waals surface area contributed by atoms with E-state index in [9.17, 15) is 9.59 Å². The molecule has 90 valence electrons. The van der Waals surface area contributed by atoms with Gasteiger partial charge in [-0.15, -0.1) is 0 Å². The molecule has 0 N–H and O–H groups in total. The highest BCUT2D eigenvalue weighted by atomic mass is 79.9. The van der Waals surface area contributed by atoms with Crippen molar-refractivity contribution in [2.75, 3.05) is 0 Å². The van der Waals surface area contributed by atoms with E-state index in [4.69, 9.17) is 0 Å². The van der Waals surface area contributed by atoms with E-state index in [2.05, 4.69) is 20.9 Å². The largest absolute Gasteiger partial charge is 0.289 e. The minimum absolute atomic E-state index is 0.128. The molecule has 0 unspecified atom stereocenters. The van der Waals surface area contributed by atoms with Crippen molar-refractivity contribution >= 4 is 33.3 Å². The molecule has 1 aliphatic carbocycles. The number of aryl methyl sites for hydroxylation is 1. The zero-order valence-electron chi connectivity index (χ0n) is 9.68. The number of ketones is 1. The number of allylic oxidation sites excluding steroid dienone is 4. The summed E-state index contributed by atoms with van der Waals surface area (Å²) in [5, 5.41) is 0. The lowest BCUT2D eigenvalue weighted by Crippen LogP contribution is -2.07. The Bertz CT molecular complexity index is 612. The molecule has 0 heterocycles. The monoisotopic (exact) mass is 303 g/mol. The van der Waals surface area contributed by atoms with Gasteiger partial charge in [0.15, 0.2) is 5.78 Å². The van der Waals surface area contributed by atoms with Gasteiger partial charge in [0.05, 0.1) is 10.2 Å². The molecule has 18 heavy (non-hydrogen) atoms. The standard InChI is InChI=1S/C14H10BrNO2/c1-9-4-2-3-5-11(9)14(18)16-10-6-7-13(17)12(15)8-10/h2-8H,1H3. The van der Waals surface area contributed by atoms with Crippen LogP contribution in [0.3, 0.4) is 0 Å². The fourth-order valence-electron chi connectivity index (χ4n) is 1.55. The van der Waals surface area contributed by atoms with Crippen LogP contribution in [-0.2, 0) is 4.79 Å². The lowest BCUT2D eigenvalue weighted by Gasteiger charge is -2.03. The number of carbonyl (C=O) groups is 2. The number of hydrogen-bond acceptors (Lipinski definition) is 2. The van der Waals surface area contributed by atoms with Crippen LogP contribution in [0.1, 0.15) is 15.9 Å². The van der Waals surface area contributed by atoms with Crippen LogP contribution in [0.25, 0.3) is 0 Å². The van der Waals surface area contributed by atoms with Crippen LogP contribution in [0.5, 0.6) is 0 Å². The number of carbonyl (C=O) groups excluding carboxylic acids is 2. The van der Waals surface area contributed by atoms with E-state index in [0.29, 0.717) is 15.8 Å². The van der Waals surface area contributed by atoms with Crippen LogP contribution in [0.15, 0.2) is 52.0 Å². The van der Waals surface area contributed by atoms with Crippen LogP contribution in [0.4, 0.5) is 0 Å². The Morgan fingerprint density at radius 3 is 2.61 bits per heavy atom. The Hall–Kier alpha value is -1.81. The zero-order chi connectivity index (χ0) is 13.1. The second kappa shape index (κ2) is 5.23. The highest BCUT2D eigenvalue weighted by Crippen LogP contribution is 2.14. The van der Waals surface area contributed by atoms with Crippen molar-refractivity contribution in [2.24, 2.45) is 4.99 Å². The lowest BCUT2D eigenvalue weighted by atomic mass is 10.1. The first-order chi connectivity index (χ1) is 8.58. The van der Waals surface area contributed by atoms with Crippen LogP contribution in [0.2, 0.25) is 0 Å². The van der Waals surface area contributed by atoms with Gasteiger partial charge < -0.3 is 0 Å². The number of nitrogens with zero attached hydrogens (tertiary/aromatic N) is 1. The first-order valence-corrected chi connectivity index (χ1v) is 6.15. The molecular weight excluding hydrogens is 294 g/mol. The highest BCUT2D eigenvalue weighted by Gasteiger charge is 2.11. The summed E-state index contributed by atoms with van der Waals surface area (Å²) < 4.78 is 0.404. The molecule has 0 saturated heterocycles. The van der Waals surface area contributed by atoms with Crippen molar-refractivity contribution in [1.29, 1.82) is 0 Å². The van der Waals surface area contributed by atoms with Crippen LogP contribution in [0, 0.1) is 6.92 Å². The van der Waals surface area contributed by atoms with Crippen LogP contribution in [-0.4, -0.2) is 17.4 Å². The molecule has 1 amide bonds. The third-order valence-electron chi connectivity index (χ3n) is 2.52. The Morgan fingerprint density at radius 2 is 1.94 bits per heavy atom. The topological polar surface area (TPSA) is 46.5 Å². The van der Waals surface area contributed by atoms with Gasteiger partial charge in [0.1, 0.15) is 0 Å². The van der Waals surface area contributed by atoms with E-state index in [1.165, 1.54) is 12.2 Å². The predicted molar refractivity (Wildman–Crippen MR) is 74.1 cm³/mol. The minimum atomic E-state index is -0.307. The summed E-state index contributed by atoms with van der Waals surface area (Å²) >= 11 is 3.12. The van der Waals surface area contributed by atoms with E-state index in [1.807, 2.05) is 19.1 Å². The second-order valence-electron chi connectivity index (χ2n) is 3.85. The first-order valence-electron chi connectivity index (χ1n) is 5.36. The van der Waals surface area contributed by atoms with Crippen molar-refractivity contribution in [1.82, 2.24) is 0 Å². The minimum Gasteiger partial charge on any atom is -0.289 e. The zero-order valence-corrected chi connectivity index (χ0v) is 11.3. The van der Waals surface area contributed by atoms with Gasteiger partial charge in [-0.05, 0) is 52.7 Å². The molecule has 4 heteroatoms. The van der Waals surface area contributed by atoms with Gasteiger partial charge in [-0.2, -0.15) is 0 Å². The number of aliphatic imine (C=N–C) groups is 1. The van der Waals surface area contributed by atoms with Crippen molar-refractivity contribution in [3.63, 3.8) is 0 Å². The molecule has 3 nitrogen and oxygen atoms in total. The first kappa shape index (κ1) is 12.6. The maximum absolute atomic E-state index is 12.0. The molecular formula is C14H10BrNO2. The quantitative estimate of drug-likeness (QED) is 0.749.